The first-order valence-corrected chi connectivity index (χ1v) is 8.47. The fourth-order valence-electron chi connectivity index (χ4n) is 1.93. The summed E-state index contributed by atoms with van der Waals surface area (Å²) in [6, 6.07) is 10.0. The van der Waals surface area contributed by atoms with Crippen molar-refractivity contribution < 1.29 is 9.53 Å². The van der Waals surface area contributed by atoms with E-state index in [9.17, 15) is 4.79 Å². The average Bonchev–Trinajstić information content (AvgIpc) is 2.60. The van der Waals surface area contributed by atoms with Gasteiger partial charge in [-0.05, 0) is 25.3 Å². The highest BCUT2D eigenvalue weighted by Gasteiger charge is 2.05. The Morgan fingerprint density at radius 1 is 1.16 bits per heavy atom. The van der Waals surface area contributed by atoms with Crippen molar-refractivity contribution in [1.29, 1.82) is 0 Å². The maximum absolute atomic E-state index is 11.7. The maximum atomic E-state index is 11.7. The molecule has 0 saturated carbocycles. The number of carbonyl (C=O) groups excluding carboxylic acids is 1. The smallest absolute Gasteiger partial charge is 0.241 e. The van der Waals surface area contributed by atoms with Crippen LogP contribution in [0, 0.1) is 0 Å². The zero-order valence-corrected chi connectivity index (χ0v) is 17.8. The van der Waals surface area contributed by atoms with Gasteiger partial charge in [-0.3, -0.25) is 4.79 Å². The summed E-state index contributed by atoms with van der Waals surface area (Å²) < 4.78 is 5.33. The number of benzene rings is 1. The number of guanidine groups is 1. The van der Waals surface area contributed by atoms with Crippen LogP contribution in [0.4, 0.5) is 0 Å². The normalized spacial score (nSPS) is 10.8. The van der Waals surface area contributed by atoms with E-state index in [4.69, 9.17) is 4.74 Å². The highest BCUT2D eigenvalue weighted by molar-refractivity contribution is 14.0. The van der Waals surface area contributed by atoms with Gasteiger partial charge in [0.15, 0.2) is 5.96 Å². The lowest BCUT2D eigenvalue weighted by atomic mass is 10.2. The second-order valence-corrected chi connectivity index (χ2v) is 5.62. The van der Waals surface area contributed by atoms with E-state index >= 15 is 0 Å². The average molecular weight is 462 g/mol. The van der Waals surface area contributed by atoms with E-state index in [-0.39, 0.29) is 36.4 Å². The molecule has 1 aromatic carbocycles. The van der Waals surface area contributed by atoms with Crippen molar-refractivity contribution in [2.75, 3.05) is 40.4 Å². The summed E-state index contributed by atoms with van der Waals surface area (Å²) in [5, 5.41) is 6.36. The molecule has 0 atom stereocenters. The van der Waals surface area contributed by atoms with Crippen molar-refractivity contribution in [3.63, 3.8) is 0 Å². The number of ether oxygens (including phenoxy) is 1. The van der Waals surface area contributed by atoms with Gasteiger partial charge in [0.1, 0.15) is 0 Å². The van der Waals surface area contributed by atoms with Gasteiger partial charge in [-0.15, -0.1) is 24.0 Å². The monoisotopic (exact) mass is 462 g/mol. The molecule has 0 heterocycles. The van der Waals surface area contributed by atoms with Crippen molar-refractivity contribution in [2.24, 2.45) is 4.99 Å². The molecule has 0 spiro atoms. The number of halogens is 1. The Morgan fingerprint density at radius 3 is 2.52 bits per heavy atom. The van der Waals surface area contributed by atoms with Gasteiger partial charge in [-0.2, -0.15) is 0 Å². The van der Waals surface area contributed by atoms with E-state index < -0.39 is 0 Å². The maximum Gasteiger partial charge on any atom is 0.241 e. The number of rotatable bonds is 10. The SMILES string of the molecule is CCOCCCCNC(=NCc1ccccc1)NCC(=O)N(C)C.I. The Morgan fingerprint density at radius 2 is 1.88 bits per heavy atom. The molecule has 7 heteroatoms. The molecule has 0 aromatic heterocycles. The van der Waals surface area contributed by atoms with Crippen molar-refractivity contribution in [2.45, 2.75) is 26.3 Å². The van der Waals surface area contributed by atoms with Crippen LogP contribution in [0.2, 0.25) is 0 Å². The van der Waals surface area contributed by atoms with Crippen LogP contribution in [0.1, 0.15) is 25.3 Å². The van der Waals surface area contributed by atoms with E-state index in [1.54, 1.807) is 19.0 Å². The topological polar surface area (TPSA) is 66.0 Å². The minimum absolute atomic E-state index is 0. The Balaban J connectivity index is 0.00000576. The predicted octanol–water partition coefficient (Wildman–Crippen LogP) is 2.24. The zero-order chi connectivity index (χ0) is 17.6. The number of hydrogen-bond donors (Lipinski definition) is 2. The van der Waals surface area contributed by atoms with E-state index in [0.29, 0.717) is 12.5 Å². The fraction of sp³-hybridized carbons (Fsp3) is 0.556. The van der Waals surface area contributed by atoms with E-state index in [1.807, 2.05) is 37.3 Å². The third-order valence-electron chi connectivity index (χ3n) is 3.38. The number of unbranched alkanes of at least 4 members (excludes halogenated alkanes) is 1. The lowest BCUT2D eigenvalue weighted by Gasteiger charge is -2.15. The van der Waals surface area contributed by atoms with Gasteiger partial charge in [0.25, 0.3) is 0 Å². The van der Waals surface area contributed by atoms with Crippen LogP contribution in [0.15, 0.2) is 35.3 Å². The van der Waals surface area contributed by atoms with E-state index in [2.05, 4.69) is 15.6 Å². The molecule has 0 bridgehead atoms. The molecular formula is C18H31IN4O2. The molecule has 1 amide bonds. The lowest BCUT2D eigenvalue weighted by Crippen LogP contribution is -2.43. The molecule has 0 saturated heterocycles. The molecule has 0 fully saturated rings. The second-order valence-electron chi connectivity index (χ2n) is 5.62. The number of carbonyl (C=O) groups is 1. The Hall–Kier alpha value is -1.35. The first kappa shape index (κ1) is 23.6. The van der Waals surface area contributed by atoms with Crippen molar-refractivity contribution in [3.8, 4) is 0 Å². The van der Waals surface area contributed by atoms with Gasteiger partial charge < -0.3 is 20.3 Å². The van der Waals surface area contributed by atoms with Crippen LogP contribution in [0.5, 0.6) is 0 Å². The van der Waals surface area contributed by atoms with Gasteiger partial charge in [-0.25, -0.2) is 4.99 Å². The number of amides is 1. The molecule has 1 rings (SSSR count). The van der Waals surface area contributed by atoms with Crippen LogP contribution in [0.25, 0.3) is 0 Å². The largest absolute Gasteiger partial charge is 0.382 e. The first-order chi connectivity index (χ1) is 11.6. The number of aliphatic imine (C=N–C) groups is 1. The van der Waals surface area contributed by atoms with Gasteiger partial charge in [0, 0.05) is 33.9 Å². The number of nitrogens with zero attached hydrogens (tertiary/aromatic N) is 2. The molecule has 6 nitrogen and oxygen atoms in total. The summed E-state index contributed by atoms with van der Waals surface area (Å²) in [4.78, 5) is 17.8. The summed E-state index contributed by atoms with van der Waals surface area (Å²) >= 11 is 0. The second kappa shape index (κ2) is 14.9. The summed E-state index contributed by atoms with van der Waals surface area (Å²) in [5.41, 5.74) is 1.13. The third-order valence-corrected chi connectivity index (χ3v) is 3.38. The third kappa shape index (κ3) is 11.8. The molecule has 142 valence electrons. The molecular weight excluding hydrogens is 431 g/mol. The fourth-order valence-corrected chi connectivity index (χ4v) is 1.93. The van der Waals surface area contributed by atoms with Crippen LogP contribution >= 0.6 is 24.0 Å². The van der Waals surface area contributed by atoms with Gasteiger partial charge in [0.2, 0.25) is 5.91 Å². The molecule has 25 heavy (non-hydrogen) atoms. The van der Waals surface area contributed by atoms with Crippen LogP contribution in [0.3, 0.4) is 0 Å². The molecule has 1 aromatic rings. The highest BCUT2D eigenvalue weighted by Crippen LogP contribution is 2.00. The van der Waals surface area contributed by atoms with Gasteiger partial charge in [-0.1, -0.05) is 30.3 Å². The van der Waals surface area contributed by atoms with Crippen LogP contribution in [-0.4, -0.2) is 57.2 Å². The zero-order valence-electron chi connectivity index (χ0n) is 15.5. The summed E-state index contributed by atoms with van der Waals surface area (Å²) in [7, 11) is 3.48. The standard InChI is InChI=1S/C18H30N4O2.HI/c1-4-24-13-9-8-12-19-18(21-15-17(23)22(2)3)20-14-16-10-6-5-7-11-16;/h5-7,10-11H,4,8-9,12-15H2,1-3H3,(H2,19,20,21);1H. The molecule has 0 unspecified atom stereocenters. The molecule has 0 aliphatic rings. The Bertz CT molecular complexity index is 495. The molecule has 0 radical (unpaired) electrons. The first-order valence-electron chi connectivity index (χ1n) is 8.47. The minimum Gasteiger partial charge on any atom is -0.382 e. The molecule has 0 aliphatic heterocycles. The van der Waals surface area contributed by atoms with Gasteiger partial charge >= 0.3 is 0 Å². The van der Waals surface area contributed by atoms with Crippen molar-refractivity contribution in [3.05, 3.63) is 35.9 Å². The number of hydrogen-bond acceptors (Lipinski definition) is 3. The highest BCUT2D eigenvalue weighted by atomic mass is 127. The van der Waals surface area contributed by atoms with E-state index in [1.165, 1.54) is 0 Å². The predicted molar refractivity (Wildman–Crippen MR) is 113 cm³/mol. The van der Waals surface area contributed by atoms with Crippen LogP contribution in [-0.2, 0) is 16.1 Å². The Labute approximate surface area is 168 Å². The minimum atomic E-state index is 0. The van der Waals surface area contributed by atoms with Crippen molar-refractivity contribution >= 4 is 35.8 Å². The summed E-state index contributed by atoms with van der Waals surface area (Å²) in [6.07, 6.45) is 2.00. The molecule has 0 aliphatic carbocycles. The molecule has 2 N–H and O–H groups in total. The summed E-state index contributed by atoms with van der Waals surface area (Å²) in [6.45, 7) is 5.13. The quantitative estimate of drug-likeness (QED) is 0.242. The number of nitrogens with one attached hydrogen (secondary N) is 2. The summed E-state index contributed by atoms with van der Waals surface area (Å²) in [5.74, 6) is 0.672. The lowest BCUT2D eigenvalue weighted by molar-refractivity contribution is -0.127. The van der Waals surface area contributed by atoms with Crippen LogP contribution < -0.4 is 10.6 Å². The number of likely N-dealkylation sites (N-methyl/N-ethyl adjacent to an activating group) is 1. The van der Waals surface area contributed by atoms with E-state index in [0.717, 1.165) is 38.2 Å². The Kier molecular flexibility index (Phi) is 14.1. The van der Waals surface area contributed by atoms with Gasteiger partial charge in [0.05, 0.1) is 13.1 Å². The van der Waals surface area contributed by atoms with Crippen molar-refractivity contribution in [1.82, 2.24) is 15.5 Å².